The Hall–Kier alpha value is -2.37. The maximum absolute atomic E-state index is 12.7. The molecular weight excluding hydrogens is 397 g/mol. The summed E-state index contributed by atoms with van der Waals surface area (Å²) < 4.78 is 5.73. The van der Waals surface area contributed by atoms with E-state index in [0.29, 0.717) is 21.8 Å². The zero-order valence-corrected chi connectivity index (χ0v) is 17.7. The highest BCUT2D eigenvalue weighted by Crippen LogP contribution is 2.27. The van der Waals surface area contributed by atoms with Crippen molar-refractivity contribution in [1.29, 1.82) is 0 Å². The number of benzene rings is 2. The lowest BCUT2D eigenvalue weighted by Gasteiger charge is -2.18. The van der Waals surface area contributed by atoms with E-state index in [-0.39, 0.29) is 23.4 Å². The Morgan fingerprint density at radius 1 is 1.04 bits per heavy atom. The van der Waals surface area contributed by atoms with Crippen molar-refractivity contribution >= 4 is 29.1 Å². The molecule has 0 spiro atoms. The molecular formula is C21H21Cl2N3O2. The molecule has 3 rings (SSSR count). The molecule has 1 heterocycles. The molecule has 0 aliphatic rings. The molecule has 5 nitrogen and oxygen atoms in total. The molecule has 0 saturated heterocycles. The lowest BCUT2D eigenvalue weighted by atomic mass is 9.87. The monoisotopic (exact) mass is 417 g/mol. The molecule has 0 aliphatic heterocycles. The van der Waals surface area contributed by atoms with Gasteiger partial charge in [-0.05, 0) is 35.2 Å². The molecule has 0 atom stereocenters. The summed E-state index contributed by atoms with van der Waals surface area (Å²) >= 11 is 12.2. The van der Waals surface area contributed by atoms with Gasteiger partial charge < -0.3 is 9.32 Å². The minimum Gasteiger partial charge on any atom is -0.419 e. The third kappa shape index (κ3) is 4.37. The van der Waals surface area contributed by atoms with Gasteiger partial charge in [0.15, 0.2) is 0 Å². The summed E-state index contributed by atoms with van der Waals surface area (Å²) in [4.78, 5) is 14.1. The van der Waals surface area contributed by atoms with Crippen molar-refractivity contribution in [2.24, 2.45) is 0 Å². The topological polar surface area (TPSA) is 59.2 Å². The standard InChI is InChI=1S/C21H21Cl2N3O2/c1-21(2,3)14-10-8-13(9-11-14)19-25-24-17(28-19)12-26(4)20(27)18-15(22)6-5-7-16(18)23/h5-11H,12H2,1-4H3. The van der Waals surface area contributed by atoms with Crippen molar-refractivity contribution in [1.82, 2.24) is 15.1 Å². The second-order valence-electron chi connectivity index (χ2n) is 7.59. The summed E-state index contributed by atoms with van der Waals surface area (Å²) in [6.07, 6.45) is 0. The highest BCUT2D eigenvalue weighted by atomic mass is 35.5. The van der Waals surface area contributed by atoms with E-state index in [2.05, 4.69) is 31.0 Å². The second-order valence-corrected chi connectivity index (χ2v) is 8.40. The van der Waals surface area contributed by atoms with Gasteiger partial charge in [-0.25, -0.2) is 0 Å². The Balaban J connectivity index is 1.75. The van der Waals surface area contributed by atoms with Crippen LogP contribution in [0, 0.1) is 0 Å². The number of nitrogens with zero attached hydrogens (tertiary/aromatic N) is 3. The summed E-state index contributed by atoms with van der Waals surface area (Å²) in [7, 11) is 1.63. The molecule has 1 aromatic heterocycles. The third-order valence-electron chi connectivity index (χ3n) is 4.36. The van der Waals surface area contributed by atoms with Crippen LogP contribution in [0.15, 0.2) is 46.9 Å². The summed E-state index contributed by atoms with van der Waals surface area (Å²) in [6, 6.07) is 13.0. The van der Waals surface area contributed by atoms with E-state index in [1.165, 1.54) is 10.5 Å². The fourth-order valence-corrected chi connectivity index (χ4v) is 3.27. The van der Waals surface area contributed by atoms with Crippen molar-refractivity contribution in [2.75, 3.05) is 7.05 Å². The van der Waals surface area contributed by atoms with Crippen molar-refractivity contribution in [3.63, 3.8) is 0 Å². The van der Waals surface area contributed by atoms with Crippen LogP contribution >= 0.6 is 23.2 Å². The summed E-state index contributed by atoms with van der Waals surface area (Å²) in [5.41, 5.74) is 2.38. The lowest BCUT2D eigenvalue weighted by molar-refractivity contribution is 0.0773. The minimum absolute atomic E-state index is 0.0710. The molecule has 1 amide bonds. The molecule has 28 heavy (non-hydrogen) atoms. The molecule has 7 heteroatoms. The fourth-order valence-electron chi connectivity index (χ4n) is 2.71. The lowest BCUT2D eigenvalue weighted by Crippen LogP contribution is -2.27. The normalized spacial score (nSPS) is 11.5. The van der Waals surface area contributed by atoms with E-state index in [1.807, 2.05) is 24.3 Å². The SMILES string of the molecule is CN(Cc1nnc(-c2ccc(C(C)(C)C)cc2)o1)C(=O)c1c(Cl)cccc1Cl. The number of carbonyl (C=O) groups excluding carboxylic acids is 1. The first-order chi connectivity index (χ1) is 13.2. The first-order valence-electron chi connectivity index (χ1n) is 8.79. The highest BCUT2D eigenvalue weighted by molar-refractivity contribution is 6.39. The van der Waals surface area contributed by atoms with Crippen molar-refractivity contribution in [3.8, 4) is 11.5 Å². The average molecular weight is 418 g/mol. The number of halogens is 2. The number of rotatable bonds is 4. The predicted octanol–water partition coefficient (Wildman–Crippen LogP) is 5.61. The van der Waals surface area contributed by atoms with Gasteiger partial charge in [0.2, 0.25) is 11.8 Å². The van der Waals surface area contributed by atoms with Crippen LogP contribution < -0.4 is 0 Å². The molecule has 0 radical (unpaired) electrons. The van der Waals surface area contributed by atoms with Crippen LogP contribution in [0.3, 0.4) is 0 Å². The third-order valence-corrected chi connectivity index (χ3v) is 4.99. The zero-order chi connectivity index (χ0) is 20.5. The number of aromatic nitrogens is 2. The maximum Gasteiger partial charge on any atom is 0.257 e. The summed E-state index contributed by atoms with van der Waals surface area (Å²) in [5, 5.41) is 8.74. The Morgan fingerprint density at radius 3 is 2.21 bits per heavy atom. The van der Waals surface area contributed by atoms with Gasteiger partial charge in [0.05, 0.1) is 22.2 Å². The van der Waals surface area contributed by atoms with Crippen LogP contribution in [0.4, 0.5) is 0 Å². The van der Waals surface area contributed by atoms with Gasteiger partial charge in [0.1, 0.15) is 0 Å². The van der Waals surface area contributed by atoms with Crippen LogP contribution in [-0.2, 0) is 12.0 Å². The summed E-state index contributed by atoms with van der Waals surface area (Å²) in [5.74, 6) is 0.422. The van der Waals surface area contributed by atoms with Crippen LogP contribution in [0.5, 0.6) is 0 Å². The Bertz CT molecular complexity index is 971. The Kier molecular flexibility index (Phi) is 5.77. The van der Waals surface area contributed by atoms with E-state index < -0.39 is 0 Å². The molecule has 0 N–H and O–H groups in total. The zero-order valence-electron chi connectivity index (χ0n) is 16.2. The van der Waals surface area contributed by atoms with Gasteiger partial charge in [-0.15, -0.1) is 10.2 Å². The molecule has 0 saturated carbocycles. The molecule has 3 aromatic rings. The molecule has 0 aliphatic carbocycles. The van der Waals surface area contributed by atoms with Crippen LogP contribution in [0.2, 0.25) is 10.0 Å². The van der Waals surface area contributed by atoms with Crippen molar-refractivity contribution in [3.05, 3.63) is 69.5 Å². The van der Waals surface area contributed by atoms with E-state index in [4.69, 9.17) is 27.6 Å². The van der Waals surface area contributed by atoms with Gasteiger partial charge in [-0.1, -0.05) is 62.2 Å². The van der Waals surface area contributed by atoms with Crippen molar-refractivity contribution < 1.29 is 9.21 Å². The second kappa shape index (κ2) is 7.94. The molecule has 146 valence electrons. The molecule has 2 aromatic carbocycles. The Labute approximate surface area is 174 Å². The average Bonchev–Trinajstić information content (AvgIpc) is 3.09. The van der Waals surface area contributed by atoms with E-state index in [1.54, 1.807) is 25.2 Å². The first-order valence-corrected chi connectivity index (χ1v) is 9.55. The van der Waals surface area contributed by atoms with Crippen LogP contribution in [-0.4, -0.2) is 28.1 Å². The molecule has 0 fully saturated rings. The van der Waals surface area contributed by atoms with Gasteiger partial charge in [-0.2, -0.15) is 0 Å². The quantitative estimate of drug-likeness (QED) is 0.552. The maximum atomic E-state index is 12.7. The minimum atomic E-state index is -0.315. The fraction of sp³-hybridized carbons (Fsp3) is 0.286. The van der Waals surface area contributed by atoms with Gasteiger partial charge in [0.25, 0.3) is 5.91 Å². The van der Waals surface area contributed by atoms with Gasteiger partial charge in [-0.3, -0.25) is 4.79 Å². The number of amides is 1. The number of hydrogen-bond acceptors (Lipinski definition) is 4. The summed E-state index contributed by atoms with van der Waals surface area (Å²) in [6.45, 7) is 6.62. The first kappa shape index (κ1) is 20.4. The highest BCUT2D eigenvalue weighted by Gasteiger charge is 2.21. The molecule has 0 bridgehead atoms. The van der Waals surface area contributed by atoms with Gasteiger partial charge in [0, 0.05) is 12.6 Å². The molecule has 0 unspecified atom stereocenters. The van der Waals surface area contributed by atoms with E-state index in [0.717, 1.165) is 5.56 Å². The van der Waals surface area contributed by atoms with Gasteiger partial charge >= 0.3 is 0 Å². The van der Waals surface area contributed by atoms with Crippen LogP contribution in [0.25, 0.3) is 11.5 Å². The predicted molar refractivity (Wildman–Crippen MR) is 111 cm³/mol. The van der Waals surface area contributed by atoms with E-state index in [9.17, 15) is 4.79 Å². The van der Waals surface area contributed by atoms with E-state index >= 15 is 0 Å². The largest absolute Gasteiger partial charge is 0.419 e. The smallest absolute Gasteiger partial charge is 0.257 e. The number of carbonyl (C=O) groups is 1. The van der Waals surface area contributed by atoms with Crippen LogP contribution in [0.1, 0.15) is 42.6 Å². The Morgan fingerprint density at radius 2 is 1.64 bits per heavy atom. The number of hydrogen-bond donors (Lipinski definition) is 0. The van der Waals surface area contributed by atoms with Crippen molar-refractivity contribution in [2.45, 2.75) is 32.7 Å².